The molecule has 0 amide bonds. The van der Waals surface area contributed by atoms with E-state index >= 15 is 0 Å². The lowest BCUT2D eigenvalue weighted by Gasteiger charge is -2.09. The van der Waals surface area contributed by atoms with Crippen molar-refractivity contribution in [2.75, 3.05) is 11.5 Å². The molecule has 0 saturated carbocycles. The van der Waals surface area contributed by atoms with Crippen molar-refractivity contribution in [3.05, 3.63) is 47.5 Å². The molecule has 0 fully saturated rings. The van der Waals surface area contributed by atoms with Crippen molar-refractivity contribution >= 4 is 17.2 Å². The minimum Gasteiger partial charge on any atom is -0.383 e. The van der Waals surface area contributed by atoms with Crippen LogP contribution in [0.1, 0.15) is 11.1 Å². The third-order valence-electron chi connectivity index (χ3n) is 3.29. The van der Waals surface area contributed by atoms with Gasteiger partial charge in [-0.15, -0.1) is 5.10 Å². The van der Waals surface area contributed by atoms with E-state index in [2.05, 4.69) is 11.2 Å². The molecule has 1 aromatic carbocycles. The fourth-order valence-electron chi connectivity index (χ4n) is 2.30. The molecule has 3 rings (SSSR count). The zero-order valence-electron chi connectivity index (χ0n) is 10.9. The molecule has 6 heteroatoms. The van der Waals surface area contributed by atoms with E-state index in [1.807, 2.05) is 36.4 Å². The molecular formula is C15H10N6. The van der Waals surface area contributed by atoms with E-state index in [9.17, 15) is 10.5 Å². The molecule has 100 valence electrons. The lowest BCUT2D eigenvalue weighted by atomic mass is 10.0. The predicted molar refractivity (Wildman–Crippen MR) is 78.9 cm³/mol. The third kappa shape index (κ3) is 1.75. The summed E-state index contributed by atoms with van der Waals surface area (Å²) in [5.41, 5.74) is 14.3. The Morgan fingerprint density at radius 1 is 1.00 bits per heavy atom. The number of aromatic nitrogens is 2. The van der Waals surface area contributed by atoms with Crippen molar-refractivity contribution in [3.63, 3.8) is 0 Å². The number of fused-ring (bicyclic) bond motifs is 1. The van der Waals surface area contributed by atoms with Crippen LogP contribution in [0.4, 0.5) is 11.6 Å². The first kappa shape index (κ1) is 12.5. The number of anilines is 2. The van der Waals surface area contributed by atoms with Crippen LogP contribution in [-0.4, -0.2) is 9.61 Å². The summed E-state index contributed by atoms with van der Waals surface area (Å²) in [6, 6.07) is 15.2. The van der Waals surface area contributed by atoms with Crippen LogP contribution in [0.5, 0.6) is 0 Å². The van der Waals surface area contributed by atoms with Crippen LogP contribution < -0.4 is 11.5 Å². The first-order valence-electron chi connectivity index (χ1n) is 6.13. The van der Waals surface area contributed by atoms with Gasteiger partial charge in [-0.1, -0.05) is 30.3 Å². The van der Waals surface area contributed by atoms with Gasteiger partial charge in [-0.3, -0.25) is 0 Å². The number of hydrogen-bond donors (Lipinski definition) is 2. The maximum absolute atomic E-state index is 9.39. The van der Waals surface area contributed by atoms with Crippen molar-refractivity contribution in [1.29, 1.82) is 10.5 Å². The van der Waals surface area contributed by atoms with Crippen molar-refractivity contribution < 1.29 is 0 Å². The lowest BCUT2D eigenvalue weighted by molar-refractivity contribution is 0.978. The summed E-state index contributed by atoms with van der Waals surface area (Å²) < 4.78 is 1.33. The molecule has 0 atom stereocenters. The van der Waals surface area contributed by atoms with E-state index in [-0.39, 0.29) is 17.2 Å². The predicted octanol–water partition coefficient (Wildman–Crippen LogP) is 1.91. The second kappa shape index (κ2) is 4.55. The van der Waals surface area contributed by atoms with Gasteiger partial charge >= 0.3 is 0 Å². The maximum atomic E-state index is 9.39. The molecule has 3 aromatic rings. The van der Waals surface area contributed by atoms with Gasteiger partial charge in [0.25, 0.3) is 0 Å². The van der Waals surface area contributed by atoms with Gasteiger partial charge in [0.15, 0.2) is 5.82 Å². The molecule has 0 spiro atoms. The van der Waals surface area contributed by atoms with E-state index < -0.39 is 0 Å². The van der Waals surface area contributed by atoms with Gasteiger partial charge in [-0.05, 0) is 11.6 Å². The Labute approximate surface area is 120 Å². The number of pyridine rings is 1. The number of nitriles is 2. The third-order valence-corrected chi connectivity index (χ3v) is 3.29. The Kier molecular flexibility index (Phi) is 2.71. The summed E-state index contributed by atoms with van der Waals surface area (Å²) in [5, 5.41) is 22.6. The van der Waals surface area contributed by atoms with Gasteiger partial charge in [0.05, 0.1) is 5.52 Å². The summed E-state index contributed by atoms with van der Waals surface area (Å²) in [4.78, 5) is 0. The maximum Gasteiger partial charge on any atom is 0.164 e. The number of benzene rings is 1. The van der Waals surface area contributed by atoms with Crippen molar-refractivity contribution in [2.45, 2.75) is 0 Å². The van der Waals surface area contributed by atoms with E-state index in [0.29, 0.717) is 16.6 Å². The van der Waals surface area contributed by atoms with Gasteiger partial charge in [0, 0.05) is 5.56 Å². The zero-order valence-corrected chi connectivity index (χ0v) is 10.9. The van der Waals surface area contributed by atoms with Crippen LogP contribution in [-0.2, 0) is 0 Å². The fraction of sp³-hybridized carbons (Fsp3) is 0. The van der Waals surface area contributed by atoms with E-state index in [1.165, 1.54) is 4.52 Å². The van der Waals surface area contributed by atoms with Gasteiger partial charge in [-0.25, -0.2) is 4.52 Å². The van der Waals surface area contributed by atoms with Crippen LogP contribution in [0.25, 0.3) is 16.6 Å². The quantitative estimate of drug-likeness (QED) is 0.702. The molecule has 0 aliphatic rings. The Balaban J connectivity index is 2.46. The molecule has 0 bridgehead atoms. The van der Waals surface area contributed by atoms with Crippen LogP contribution >= 0.6 is 0 Å². The van der Waals surface area contributed by atoms with E-state index in [1.54, 1.807) is 6.07 Å². The van der Waals surface area contributed by atoms with E-state index in [0.717, 1.165) is 5.56 Å². The van der Waals surface area contributed by atoms with Gasteiger partial charge in [0.1, 0.15) is 29.1 Å². The number of hydrogen-bond acceptors (Lipinski definition) is 5. The molecule has 0 aliphatic carbocycles. The Morgan fingerprint density at radius 3 is 2.29 bits per heavy atom. The molecule has 0 aliphatic heterocycles. The molecule has 2 heterocycles. The highest BCUT2D eigenvalue weighted by Crippen LogP contribution is 2.31. The Morgan fingerprint density at radius 2 is 1.67 bits per heavy atom. The average Bonchev–Trinajstić information content (AvgIpc) is 2.84. The fourth-order valence-corrected chi connectivity index (χ4v) is 2.30. The van der Waals surface area contributed by atoms with Gasteiger partial charge in [-0.2, -0.15) is 10.5 Å². The van der Waals surface area contributed by atoms with Crippen LogP contribution in [0.15, 0.2) is 36.4 Å². The summed E-state index contributed by atoms with van der Waals surface area (Å²) in [5.74, 6) is 0.264. The summed E-state index contributed by atoms with van der Waals surface area (Å²) >= 11 is 0. The largest absolute Gasteiger partial charge is 0.383 e. The summed E-state index contributed by atoms with van der Waals surface area (Å²) in [6.07, 6.45) is 0. The normalized spacial score (nSPS) is 10.2. The molecule has 0 radical (unpaired) electrons. The second-order valence-corrected chi connectivity index (χ2v) is 4.47. The first-order valence-corrected chi connectivity index (χ1v) is 6.13. The summed E-state index contributed by atoms with van der Waals surface area (Å²) in [7, 11) is 0. The zero-order chi connectivity index (χ0) is 15.0. The highest BCUT2D eigenvalue weighted by molar-refractivity contribution is 5.84. The minimum absolute atomic E-state index is 0.0956. The topological polar surface area (TPSA) is 117 Å². The molecule has 2 aromatic heterocycles. The molecule has 0 unspecified atom stereocenters. The van der Waals surface area contributed by atoms with Gasteiger partial charge < -0.3 is 11.5 Å². The molecule has 21 heavy (non-hydrogen) atoms. The van der Waals surface area contributed by atoms with Crippen LogP contribution in [0.2, 0.25) is 0 Å². The van der Waals surface area contributed by atoms with Crippen molar-refractivity contribution in [3.8, 4) is 23.3 Å². The van der Waals surface area contributed by atoms with Crippen molar-refractivity contribution in [1.82, 2.24) is 9.61 Å². The molecular weight excluding hydrogens is 264 g/mol. The lowest BCUT2D eigenvalue weighted by Crippen LogP contribution is -2.04. The van der Waals surface area contributed by atoms with Gasteiger partial charge in [0.2, 0.25) is 0 Å². The second-order valence-electron chi connectivity index (χ2n) is 4.47. The number of nitrogen functional groups attached to an aromatic ring is 2. The SMILES string of the molecule is N#Cc1c(-c2ccccc2)cc2c(C#N)c(N)nn2c1N. The smallest absolute Gasteiger partial charge is 0.164 e. The first-order chi connectivity index (χ1) is 10.2. The highest BCUT2D eigenvalue weighted by atomic mass is 15.3. The van der Waals surface area contributed by atoms with Crippen molar-refractivity contribution in [2.24, 2.45) is 0 Å². The average molecular weight is 274 g/mol. The van der Waals surface area contributed by atoms with E-state index in [4.69, 9.17) is 11.5 Å². The molecule has 6 nitrogen and oxygen atoms in total. The monoisotopic (exact) mass is 274 g/mol. The highest BCUT2D eigenvalue weighted by Gasteiger charge is 2.18. The number of nitrogens with zero attached hydrogens (tertiary/aromatic N) is 4. The molecule has 4 N–H and O–H groups in total. The minimum atomic E-state index is 0.0956. The standard InChI is InChI=1S/C15H10N6/c16-7-11-10(9-4-2-1-3-5-9)6-13-12(8-17)14(18)20-21(13)15(11)19/h1-6H,19H2,(H2,18,20). The van der Waals surface area contributed by atoms with Crippen LogP contribution in [0.3, 0.4) is 0 Å². The Bertz CT molecular complexity index is 925. The number of nitrogens with two attached hydrogens (primary N) is 2. The van der Waals surface area contributed by atoms with Crippen LogP contribution in [0, 0.1) is 22.7 Å². The Hall–Kier alpha value is -3.51. The summed E-state index contributed by atoms with van der Waals surface area (Å²) in [6.45, 7) is 0. The molecule has 0 saturated heterocycles. The number of rotatable bonds is 1.